The fourth-order valence-corrected chi connectivity index (χ4v) is 7.33. The third-order valence-corrected chi connectivity index (χ3v) is 8.71. The number of carbonyl (C=O) groups is 2. The van der Waals surface area contributed by atoms with Crippen molar-refractivity contribution in [1.29, 1.82) is 0 Å². The van der Waals surface area contributed by atoms with E-state index in [1.807, 2.05) is 77.7 Å². The summed E-state index contributed by atoms with van der Waals surface area (Å²) in [7, 11) is -2.01. The van der Waals surface area contributed by atoms with Crippen LogP contribution in [0.5, 0.6) is 0 Å². The van der Waals surface area contributed by atoms with Gasteiger partial charge in [0.15, 0.2) is 5.78 Å². The summed E-state index contributed by atoms with van der Waals surface area (Å²) in [6.07, 6.45) is 0.441. The number of carbonyl (C=O) groups excluding carboxylic acids is 2. The highest BCUT2D eigenvalue weighted by molar-refractivity contribution is 6.89. The lowest BCUT2D eigenvalue weighted by molar-refractivity contribution is -0.131. The average Bonchev–Trinajstić information content (AvgIpc) is 3.23. The van der Waals surface area contributed by atoms with Crippen LogP contribution in [0.4, 0.5) is 5.69 Å². The van der Waals surface area contributed by atoms with Crippen molar-refractivity contribution in [3.05, 3.63) is 107 Å². The van der Waals surface area contributed by atoms with Crippen LogP contribution in [0.3, 0.4) is 0 Å². The number of Topliss-reactive ketones (excluding diaryl/α,β-unsaturated/α-hetero) is 1. The first-order chi connectivity index (χ1) is 15.3. The minimum atomic E-state index is -2.01. The molecule has 0 radical (unpaired) electrons. The van der Waals surface area contributed by atoms with Gasteiger partial charge in [-0.05, 0) is 39.9 Å². The second-order valence-electron chi connectivity index (χ2n) is 9.77. The first-order valence-corrected chi connectivity index (χ1v) is 14.6. The highest BCUT2D eigenvalue weighted by Crippen LogP contribution is 2.55. The van der Waals surface area contributed by atoms with Gasteiger partial charge >= 0.3 is 0 Å². The molecule has 160 valence electrons. The molecule has 3 aromatic rings. The molecule has 1 amide bonds. The topological polar surface area (TPSA) is 37.4 Å². The van der Waals surface area contributed by atoms with E-state index in [-0.39, 0.29) is 11.7 Å². The summed E-state index contributed by atoms with van der Waals surface area (Å²) >= 11 is 0. The molecule has 0 saturated heterocycles. The molecule has 0 bridgehead atoms. The van der Waals surface area contributed by atoms with Crippen molar-refractivity contribution in [2.75, 3.05) is 4.90 Å². The van der Waals surface area contributed by atoms with Gasteiger partial charge in [0.1, 0.15) is 5.41 Å². The van der Waals surface area contributed by atoms with E-state index in [4.69, 9.17) is 0 Å². The number of benzene rings is 3. The molecule has 0 fully saturated rings. The summed E-state index contributed by atoms with van der Waals surface area (Å²) in [5, 5.41) is 0.911. The Morgan fingerprint density at radius 3 is 2.06 bits per heavy atom. The Kier molecular flexibility index (Phi) is 4.79. The van der Waals surface area contributed by atoms with Gasteiger partial charge in [0.05, 0.1) is 14.6 Å². The van der Waals surface area contributed by atoms with E-state index < -0.39 is 13.5 Å². The number of para-hydroxylation sites is 1. The van der Waals surface area contributed by atoms with Gasteiger partial charge in [-0.1, -0.05) is 98.5 Å². The second kappa shape index (κ2) is 7.42. The zero-order valence-electron chi connectivity index (χ0n) is 18.8. The standard InChI is InChI=1S/C28H27NO2Si/c1-32(2,3)25-22(21-14-8-5-9-15-21)18-28(26(25)30)23-16-10-11-17-24(23)29(27(28)31)19-20-12-6-4-7-13-20/h4-17H,18-19H2,1-3H3/t28-/m1/s1. The summed E-state index contributed by atoms with van der Waals surface area (Å²) in [6, 6.07) is 28.0. The molecular formula is C28H27NO2Si. The van der Waals surface area contributed by atoms with E-state index in [0.29, 0.717) is 13.0 Å². The van der Waals surface area contributed by atoms with Crippen molar-refractivity contribution in [2.24, 2.45) is 0 Å². The predicted molar refractivity (Wildman–Crippen MR) is 132 cm³/mol. The van der Waals surface area contributed by atoms with Crippen LogP contribution >= 0.6 is 0 Å². The molecule has 3 nitrogen and oxygen atoms in total. The summed E-state index contributed by atoms with van der Waals surface area (Å²) in [4.78, 5) is 30.2. The van der Waals surface area contributed by atoms with E-state index in [9.17, 15) is 9.59 Å². The molecule has 32 heavy (non-hydrogen) atoms. The van der Waals surface area contributed by atoms with Gasteiger partial charge in [-0.15, -0.1) is 0 Å². The molecule has 1 aliphatic heterocycles. The zero-order chi connectivity index (χ0) is 22.5. The van der Waals surface area contributed by atoms with Crippen LogP contribution in [0.2, 0.25) is 19.6 Å². The van der Waals surface area contributed by atoms with Crippen LogP contribution in [-0.4, -0.2) is 19.8 Å². The number of anilines is 1. The normalized spacial score (nSPS) is 20.4. The summed E-state index contributed by atoms with van der Waals surface area (Å²) in [5.74, 6) is -0.0715. The number of nitrogens with zero attached hydrogens (tertiary/aromatic N) is 1. The Morgan fingerprint density at radius 2 is 1.41 bits per heavy atom. The predicted octanol–water partition coefficient (Wildman–Crippen LogP) is 5.78. The Bertz CT molecular complexity index is 1240. The van der Waals surface area contributed by atoms with E-state index in [1.165, 1.54) is 0 Å². The molecule has 0 saturated carbocycles. The second-order valence-corrected chi connectivity index (χ2v) is 14.8. The number of hydrogen-bond acceptors (Lipinski definition) is 2. The van der Waals surface area contributed by atoms with Crippen LogP contribution < -0.4 is 4.90 Å². The van der Waals surface area contributed by atoms with Crippen LogP contribution in [0.15, 0.2) is 90.1 Å². The molecule has 4 heteroatoms. The maximum absolute atomic E-state index is 14.3. The quantitative estimate of drug-likeness (QED) is 0.383. The van der Waals surface area contributed by atoms with E-state index in [0.717, 1.165) is 33.1 Å². The molecule has 1 atom stereocenters. The largest absolute Gasteiger partial charge is 0.306 e. The molecule has 2 aliphatic rings. The maximum atomic E-state index is 14.3. The van der Waals surface area contributed by atoms with Crippen molar-refractivity contribution < 1.29 is 9.59 Å². The summed E-state index contributed by atoms with van der Waals surface area (Å²) in [5.41, 5.74) is 3.74. The first-order valence-electron chi connectivity index (χ1n) is 11.1. The highest BCUT2D eigenvalue weighted by Gasteiger charge is 2.61. The van der Waals surface area contributed by atoms with Gasteiger partial charge < -0.3 is 4.90 Å². The van der Waals surface area contributed by atoms with Crippen molar-refractivity contribution in [2.45, 2.75) is 38.0 Å². The molecule has 1 spiro atoms. The Morgan fingerprint density at radius 1 is 0.812 bits per heavy atom. The van der Waals surface area contributed by atoms with E-state index in [1.54, 1.807) is 0 Å². The van der Waals surface area contributed by atoms with Crippen molar-refractivity contribution >= 4 is 31.0 Å². The van der Waals surface area contributed by atoms with Crippen LogP contribution in [-0.2, 0) is 21.5 Å². The van der Waals surface area contributed by atoms with Gasteiger partial charge in [0, 0.05) is 5.69 Å². The highest BCUT2D eigenvalue weighted by atomic mass is 28.3. The number of amides is 1. The summed E-state index contributed by atoms with van der Waals surface area (Å²) in [6.45, 7) is 7.08. The third-order valence-electron chi connectivity index (χ3n) is 6.68. The number of rotatable bonds is 4. The molecule has 1 heterocycles. The Balaban J connectivity index is 1.67. The number of hydrogen-bond donors (Lipinski definition) is 0. The maximum Gasteiger partial charge on any atom is 0.246 e. The Hall–Kier alpha value is -3.24. The molecular weight excluding hydrogens is 410 g/mol. The molecule has 5 rings (SSSR count). The smallest absolute Gasteiger partial charge is 0.246 e. The average molecular weight is 438 g/mol. The summed E-state index contributed by atoms with van der Waals surface area (Å²) < 4.78 is 0. The first kappa shape index (κ1) is 20.6. The van der Waals surface area contributed by atoms with E-state index >= 15 is 0 Å². The third kappa shape index (κ3) is 3.01. The van der Waals surface area contributed by atoms with Gasteiger partial charge in [-0.2, -0.15) is 0 Å². The fourth-order valence-electron chi connectivity index (χ4n) is 5.30. The molecule has 3 aromatic carbocycles. The SMILES string of the molecule is C[Si](C)(C)C1=C(c2ccccc2)C[C@@]2(C1=O)C(=O)N(Cc1ccccc1)c1ccccc12. The molecule has 0 aromatic heterocycles. The van der Waals surface area contributed by atoms with Gasteiger partial charge in [0.25, 0.3) is 0 Å². The number of ketones is 1. The van der Waals surface area contributed by atoms with Crippen molar-refractivity contribution in [3.8, 4) is 0 Å². The van der Waals surface area contributed by atoms with Crippen molar-refractivity contribution in [3.63, 3.8) is 0 Å². The van der Waals surface area contributed by atoms with Crippen LogP contribution in [0.1, 0.15) is 23.1 Å². The monoisotopic (exact) mass is 437 g/mol. The zero-order valence-corrected chi connectivity index (χ0v) is 19.8. The minimum absolute atomic E-state index is 0.0172. The van der Waals surface area contributed by atoms with Gasteiger partial charge in [0.2, 0.25) is 5.91 Å². The molecule has 0 N–H and O–H groups in total. The van der Waals surface area contributed by atoms with Crippen LogP contribution in [0.25, 0.3) is 5.57 Å². The van der Waals surface area contributed by atoms with Gasteiger partial charge in [-0.3, -0.25) is 9.59 Å². The molecule has 1 aliphatic carbocycles. The van der Waals surface area contributed by atoms with Crippen LogP contribution in [0, 0.1) is 0 Å². The lowest BCUT2D eigenvalue weighted by atomic mass is 9.77. The number of fused-ring (bicyclic) bond motifs is 2. The Labute approximate surface area is 190 Å². The van der Waals surface area contributed by atoms with Crippen molar-refractivity contribution in [1.82, 2.24) is 0 Å². The minimum Gasteiger partial charge on any atom is -0.306 e. The van der Waals surface area contributed by atoms with Gasteiger partial charge in [-0.25, -0.2) is 0 Å². The fraction of sp³-hybridized carbons (Fsp3) is 0.214. The lowest BCUT2D eigenvalue weighted by Gasteiger charge is -2.25. The van der Waals surface area contributed by atoms with E-state index in [2.05, 4.69) is 31.8 Å². The molecule has 0 unspecified atom stereocenters. The lowest BCUT2D eigenvalue weighted by Crippen LogP contribution is -2.46. The number of allylic oxidation sites excluding steroid dienone is 2.